The van der Waals surface area contributed by atoms with Crippen LogP contribution in [0.15, 0.2) is 49.1 Å². The van der Waals surface area contributed by atoms with Crippen molar-refractivity contribution in [3.63, 3.8) is 0 Å². The zero-order valence-corrected chi connectivity index (χ0v) is 19.6. The number of carbonyl (C=O) groups is 1. The number of halogens is 3. The quantitative estimate of drug-likeness (QED) is 0.482. The average Bonchev–Trinajstić information content (AvgIpc) is 3.23. The molecule has 0 bridgehead atoms. The van der Waals surface area contributed by atoms with Gasteiger partial charge in [-0.25, -0.2) is 4.98 Å². The molecule has 1 aliphatic rings. The van der Waals surface area contributed by atoms with E-state index in [4.69, 9.17) is 0 Å². The van der Waals surface area contributed by atoms with Crippen LogP contribution in [-0.4, -0.2) is 37.9 Å². The summed E-state index contributed by atoms with van der Waals surface area (Å²) in [4.78, 5) is 24.0. The Hall–Kier alpha value is -3.16. The molecule has 3 heterocycles. The number of pyridine rings is 1. The zero-order valence-electron chi connectivity index (χ0n) is 19.6. The Kier molecular flexibility index (Phi) is 6.77. The number of piperidine rings is 1. The molecule has 3 aromatic rings. The minimum atomic E-state index is -4.40. The molecule has 0 aliphatic carbocycles. The summed E-state index contributed by atoms with van der Waals surface area (Å²) in [6.07, 6.45) is 3.06. The Labute approximate surface area is 197 Å². The van der Waals surface area contributed by atoms with Gasteiger partial charge in [0, 0.05) is 42.7 Å². The average molecular weight is 471 g/mol. The normalized spacial score (nSPS) is 18.8. The highest BCUT2D eigenvalue weighted by molar-refractivity contribution is 6.01. The second kappa shape index (κ2) is 9.60. The molecule has 1 aliphatic heterocycles. The van der Waals surface area contributed by atoms with E-state index in [1.54, 1.807) is 12.5 Å². The first-order valence-corrected chi connectivity index (χ1v) is 11.6. The van der Waals surface area contributed by atoms with Crippen molar-refractivity contribution in [2.45, 2.75) is 51.7 Å². The van der Waals surface area contributed by atoms with Gasteiger partial charge in [-0.05, 0) is 56.7 Å². The second-order valence-corrected chi connectivity index (χ2v) is 9.20. The molecule has 5 nitrogen and oxygen atoms in total. The first kappa shape index (κ1) is 24.0. The third-order valence-corrected chi connectivity index (χ3v) is 6.72. The SMILES string of the molecule is Cc1ccc(-c2cncn2C)c(C(=O)N2CCC[C@@H](C)[C@H]2CCc2ccc(C(F)(F)F)cn2)c1. The van der Waals surface area contributed by atoms with Crippen molar-refractivity contribution in [2.24, 2.45) is 13.0 Å². The van der Waals surface area contributed by atoms with E-state index < -0.39 is 11.7 Å². The van der Waals surface area contributed by atoms with Crippen LogP contribution in [0.3, 0.4) is 0 Å². The van der Waals surface area contributed by atoms with Crippen LogP contribution >= 0.6 is 0 Å². The van der Waals surface area contributed by atoms with Crippen LogP contribution in [0.5, 0.6) is 0 Å². The number of carbonyl (C=O) groups excluding carboxylic acids is 1. The topological polar surface area (TPSA) is 51.0 Å². The van der Waals surface area contributed by atoms with Gasteiger partial charge in [0.1, 0.15) is 0 Å². The fourth-order valence-electron chi connectivity index (χ4n) is 4.81. The van der Waals surface area contributed by atoms with Crippen LogP contribution in [0.4, 0.5) is 13.2 Å². The standard InChI is InChI=1S/C26H29F3N4O/c1-17-6-10-21(24-15-30-16-32(24)3)22(13-17)25(34)33-12-4-5-18(2)23(33)11-9-20-8-7-19(14-31-20)26(27,28)29/h6-8,10,13-16,18,23H,4-5,9,11-12H2,1-3H3/t18-,23-/m1/s1. The summed E-state index contributed by atoms with van der Waals surface area (Å²) in [7, 11) is 1.90. The Bertz CT molecular complexity index is 1150. The van der Waals surface area contributed by atoms with Crippen molar-refractivity contribution in [3.8, 4) is 11.3 Å². The number of hydrogen-bond acceptors (Lipinski definition) is 3. The zero-order chi connectivity index (χ0) is 24.5. The molecule has 0 radical (unpaired) electrons. The predicted octanol–water partition coefficient (Wildman–Crippen LogP) is 5.68. The van der Waals surface area contributed by atoms with E-state index in [0.717, 1.165) is 41.9 Å². The number of likely N-dealkylation sites (tertiary alicyclic amines) is 1. The highest BCUT2D eigenvalue weighted by Crippen LogP contribution is 2.32. The summed E-state index contributed by atoms with van der Waals surface area (Å²) in [5.74, 6) is 0.272. The maximum atomic E-state index is 13.9. The van der Waals surface area contributed by atoms with E-state index in [0.29, 0.717) is 30.6 Å². The van der Waals surface area contributed by atoms with Gasteiger partial charge in [-0.15, -0.1) is 0 Å². The minimum absolute atomic E-state index is 0.00904. The number of amides is 1. The number of rotatable bonds is 5. The van der Waals surface area contributed by atoms with Crippen LogP contribution < -0.4 is 0 Å². The molecule has 1 saturated heterocycles. The van der Waals surface area contributed by atoms with Crippen molar-refractivity contribution >= 4 is 5.91 Å². The molecule has 180 valence electrons. The second-order valence-electron chi connectivity index (χ2n) is 9.20. The largest absolute Gasteiger partial charge is 0.417 e. The summed E-state index contributed by atoms with van der Waals surface area (Å²) in [5.41, 5.74) is 3.22. The highest BCUT2D eigenvalue weighted by atomic mass is 19.4. The number of alkyl halides is 3. The van der Waals surface area contributed by atoms with Crippen molar-refractivity contribution in [2.75, 3.05) is 6.54 Å². The molecule has 4 rings (SSSR count). The summed E-state index contributed by atoms with van der Waals surface area (Å²) >= 11 is 0. The van der Waals surface area contributed by atoms with Crippen LogP contribution in [0.1, 0.15) is 53.4 Å². The molecule has 1 fully saturated rings. The van der Waals surface area contributed by atoms with Crippen LogP contribution in [0.2, 0.25) is 0 Å². The molecule has 0 saturated carbocycles. The van der Waals surface area contributed by atoms with E-state index in [9.17, 15) is 18.0 Å². The van der Waals surface area contributed by atoms with Crippen molar-refractivity contribution < 1.29 is 18.0 Å². The lowest BCUT2D eigenvalue weighted by Gasteiger charge is -2.40. The number of aryl methyl sites for hydroxylation is 3. The summed E-state index contributed by atoms with van der Waals surface area (Å²) in [6, 6.07) is 8.38. The molecule has 0 N–H and O–H groups in total. The van der Waals surface area contributed by atoms with Gasteiger partial charge >= 0.3 is 6.18 Å². The van der Waals surface area contributed by atoms with Crippen LogP contribution in [0.25, 0.3) is 11.3 Å². The van der Waals surface area contributed by atoms with Gasteiger partial charge in [-0.1, -0.05) is 24.6 Å². The monoisotopic (exact) mass is 470 g/mol. The maximum absolute atomic E-state index is 13.9. The van der Waals surface area contributed by atoms with Gasteiger partial charge in [0.05, 0.1) is 23.8 Å². The van der Waals surface area contributed by atoms with E-state index in [1.165, 1.54) is 6.07 Å². The van der Waals surface area contributed by atoms with Gasteiger partial charge < -0.3 is 9.47 Å². The summed E-state index contributed by atoms with van der Waals surface area (Å²) < 4.78 is 40.4. The smallest absolute Gasteiger partial charge is 0.335 e. The molecule has 8 heteroatoms. The number of imidazole rings is 1. The molecule has 2 aromatic heterocycles. The van der Waals surface area contributed by atoms with Gasteiger partial charge in [0.15, 0.2) is 0 Å². The molecule has 1 aromatic carbocycles. The predicted molar refractivity (Wildman–Crippen MR) is 124 cm³/mol. The third-order valence-electron chi connectivity index (χ3n) is 6.72. The summed E-state index contributed by atoms with van der Waals surface area (Å²) in [6.45, 7) is 4.77. The first-order valence-electron chi connectivity index (χ1n) is 11.6. The Morgan fingerprint density at radius 1 is 1.18 bits per heavy atom. The van der Waals surface area contributed by atoms with E-state index in [1.807, 2.05) is 41.6 Å². The molecule has 1 amide bonds. The first-order chi connectivity index (χ1) is 16.1. The number of aromatic nitrogens is 3. The molecule has 0 spiro atoms. The third kappa shape index (κ3) is 5.00. The highest BCUT2D eigenvalue weighted by Gasteiger charge is 2.34. The Morgan fingerprint density at radius 2 is 1.97 bits per heavy atom. The van der Waals surface area contributed by atoms with E-state index >= 15 is 0 Å². The maximum Gasteiger partial charge on any atom is 0.417 e. The van der Waals surface area contributed by atoms with Crippen molar-refractivity contribution in [1.82, 2.24) is 19.4 Å². The molecule has 34 heavy (non-hydrogen) atoms. The lowest BCUT2D eigenvalue weighted by atomic mass is 9.86. The lowest BCUT2D eigenvalue weighted by molar-refractivity contribution is -0.137. The van der Waals surface area contributed by atoms with Gasteiger partial charge in [0.2, 0.25) is 0 Å². The molecular formula is C26H29F3N4O. The fraction of sp³-hybridized carbons (Fsp3) is 0.423. The van der Waals surface area contributed by atoms with Crippen LogP contribution in [-0.2, 0) is 19.6 Å². The van der Waals surface area contributed by atoms with Crippen molar-refractivity contribution in [3.05, 3.63) is 71.4 Å². The van der Waals surface area contributed by atoms with Crippen molar-refractivity contribution in [1.29, 1.82) is 0 Å². The molecule has 0 unspecified atom stereocenters. The molecule has 2 atom stereocenters. The van der Waals surface area contributed by atoms with E-state index in [2.05, 4.69) is 16.9 Å². The van der Waals surface area contributed by atoms with Gasteiger partial charge in [-0.3, -0.25) is 9.78 Å². The lowest BCUT2D eigenvalue weighted by Crippen LogP contribution is -2.48. The minimum Gasteiger partial charge on any atom is -0.335 e. The van der Waals surface area contributed by atoms with Gasteiger partial charge in [-0.2, -0.15) is 13.2 Å². The van der Waals surface area contributed by atoms with E-state index in [-0.39, 0.29) is 17.9 Å². The Morgan fingerprint density at radius 3 is 2.62 bits per heavy atom. The van der Waals surface area contributed by atoms with Crippen LogP contribution in [0, 0.1) is 12.8 Å². The fourth-order valence-corrected chi connectivity index (χ4v) is 4.81. The number of hydrogen-bond donors (Lipinski definition) is 0. The summed E-state index contributed by atoms with van der Waals surface area (Å²) in [5, 5.41) is 0. The molecular weight excluding hydrogens is 441 g/mol. The number of nitrogens with zero attached hydrogens (tertiary/aromatic N) is 4. The Balaban J connectivity index is 1.58. The number of benzene rings is 1. The van der Waals surface area contributed by atoms with Gasteiger partial charge in [0.25, 0.3) is 5.91 Å².